The van der Waals surface area contributed by atoms with Crippen LogP contribution in [0.15, 0.2) is 4.52 Å². The van der Waals surface area contributed by atoms with E-state index in [0.29, 0.717) is 35.7 Å². The Hall–Kier alpha value is -1.51. The molecule has 1 amide bonds. The molecule has 31 heavy (non-hydrogen) atoms. The van der Waals surface area contributed by atoms with Gasteiger partial charge in [0.2, 0.25) is 11.8 Å². The number of piperidine rings is 1. The van der Waals surface area contributed by atoms with Gasteiger partial charge in [0.25, 0.3) is 0 Å². The molecule has 1 spiro atoms. The van der Waals surface area contributed by atoms with E-state index in [1.165, 1.54) is 32.4 Å². The van der Waals surface area contributed by atoms with Crippen LogP contribution < -0.4 is 0 Å². The van der Waals surface area contributed by atoms with Crippen LogP contribution in [0.5, 0.6) is 0 Å². The molecule has 0 aromatic carbocycles. The molecule has 4 saturated heterocycles. The summed E-state index contributed by atoms with van der Waals surface area (Å²) in [4.78, 5) is 21.7. The van der Waals surface area contributed by atoms with Gasteiger partial charge >= 0.3 is 0 Å². The first-order valence-electron chi connectivity index (χ1n) is 12.1. The van der Waals surface area contributed by atoms with Gasteiger partial charge in [-0.15, -0.1) is 0 Å². The topological polar surface area (TPSA) is 80.9 Å². The van der Waals surface area contributed by atoms with Crippen LogP contribution in [-0.4, -0.2) is 84.0 Å². The lowest BCUT2D eigenvalue weighted by molar-refractivity contribution is -0.135. The molecule has 4 fully saturated rings. The Morgan fingerprint density at radius 2 is 2.06 bits per heavy atom. The second-order valence-corrected chi connectivity index (χ2v) is 10.4. The molecule has 5 heterocycles. The van der Waals surface area contributed by atoms with Crippen LogP contribution in [0.1, 0.15) is 63.6 Å². The fourth-order valence-electron chi connectivity index (χ4n) is 5.88. The normalized spacial score (nSPS) is 30.9. The predicted octanol–water partition coefficient (Wildman–Crippen LogP) is 2.24. The highest BCUT2D eigenvalue weighted by molar-refractivity contribution is 5.78. The van der Waals surface area contributed by atoms with E-state index in [1.807, 2.05) is 18.7 Å². The maximum atomic E-state index is 12.8. The van der Waals surface area contributed by atoms with Crippen molar-refractivity contribution >= 4 is 5.91 Å². The van der Waals surface area contributed by atoms with Crippen LogP contribution in [0.4, 0.5) is 0 Å². The summed E-state index contributed by atoms with van der Waals surface area (Å²) in [7, 11) is 0. The first kappa shape index (κ1) is 21.3. The van der Waals surface area contributed by atoms with Crippen LogP contribution in [-0.2, 0) is 20.7 Å². The van der Waals surface area contributed by atoms with Crippen molar-refractivity contribution in [3.63, 3.8) is 0 Å². The van der Waals surface area contributed by atoms with Crippen molar-refractivity contribution < 1.29 is 18.8 Å². The van der Waals surface area contributed by atoms with Crippen LogP contribution in [0.2, 0.25) is 0 Å². The van der Waals surface area contributed by atoms with E-state index in [4.69, 9.17) is 14.0 Å². The zero-order chi connectivity index (χ0) is 21.4. The molecule has 3 atom stereocenters. The van der Waals surface area contributed by atoms with Crippen LogP contribution >= 0.6 is 0 Å². The van der Waals surface area contributed by atoms with E-state index in [9.17, 15) is 4.79 Å². The average Bonchev–Trinajstić information content (AvgIpc) is 3.47. The number of rotatable bonds is 5. The minimum absolute atomic E-state index is 0.0719. The fraction of sp³-hybridized carbons (Fsp3) is 0.870. The Kier molecular flexibility index (Phi) is 6.05. The highest BCUT2D eigenvalue weighted by Crippen LogP contribution is 2.41. The number of amides is 1. The minimum Gasteiger partial charge on any atom is -0.381 e. The SMILES string of the molecule is CC(C)c1nc(CC(=O)N2CC[C@H]3CC(CN4CCC5(CCOCC5)C4)O[C@H]3C2)no1. The summed E-state index contributed by atoms with van der Waals surface area (Å²) in [5, 5.41) is 3.97. The largest absolute Gasteiger partial charge is 0.381 e. The Bertz CT molecular complexity index is 775. The van der Waals surface area contributed by atoms with Gasteiger partial charge in [0, 0.05) is 45.3 Å². The molecule has 1 aromatic rings. The van der Waals surface area contributed by atoms with E-state index in [0.717, 1.165) is 39.1 Å². The van der Waals surface area contributed by atoms with Gasteiger partial charge in [0.05, 0.1) is 18.6 Å². The molecule has 1 aromatic heterocycles. The first-order chi connectivity index (χ1) is 15.0. The van der Waals surface area contributed by atoms with Crippen LogP contribution in [0.3, 0.4) is 0 Å². The van der Waals surface area contributed by atoms with Crippen molar-refractivity contribution in [2.24, 2.45) is 11.3 Å². The molecule has 0 radical (unpaired) electrons. The van der Waals surface area contributed by atoms with E-state index in [1.54, 1.807) is 0 Å². The summed E-state index contributed by atoms with van der Waals surface area (Å²) >= 11 is 0. The number of carbonyl (C=O) groups is 1. The van der Waals surface area contributed by atoms with Crippen molar-refractivity contribution in [1.29, 1.82) is 0 Å². The summed E-state index contributed by atoms with van der Waals surface area (Å²) in [5.41, 5.74) is 0.484. The van der Waals surface area contributed by atoms with Gasteiger partial charge in [-0.2, -0.15) is 4.98 Å². The van der Waals surface area contributed by atoms with Crippen molar-refractivity contribution in [1.82, 2.24) is 19.9 Å². The van der Waals surface area contributed by atoms with Crippen molar-refractivity contribution in [2.45, 2.75) is 70.5 Å². The smallest absolute Gasteiger partial charge is 0.230 e. The molecular weight excluding hydrogens is 396 g/mol. The number of ether oxygens (including phenoxy) is 2. The van der Waals surface area contributed by atoms with Gasteiger partial charge in [-0.1, -0.05) is 19.0 Å². The molecule has 0 aliphatic carbocycles. The van der Waals surface area contributed by atoms with Gasteiger partial charge in [0.15, 0.2) is 5.82 Å². The standard InChI is InChI=1S/C23H36N4O4/c1-16(2)22-24-20(25-31-22)12-21(28)27-7-3-17-11-18(30-19(17)14-27)13-26-8-4-23(15-26)5-9-29-10-6-23/h16-19H,3-15H2,1-2H3/t17-,18?,19-/m0/s1. The zero-order valence-electron chi connectivity index (χ0n) is 18.9. The minimum atomic E-state index is 0.0719. The maximum Gasteiger partial charge on any atom is 0.230 e. The lowest BCUT2D eigenvalue weighted by Crippen LogP contribution is -2.46. The number of fused-ring (bicyclic) bond motifs is 1. The van der Waals surface area contributed by atoms with E-state index in [2.05, 4.69) is 15.0 Å². The van der Waals surface area contributed by atoms with Gasteiger partial charge in [-0.05, 0) is 50.0 Å². The second kappa shape index (κ2) is 8.79. The number of nitrogens with zero attached hydrogens (tertiary/aromatic N) is 4. The second-order valence-electron chi connectivity index (χ2n) is 10.4. The fourth-order valence-corrected chi connectivity index (χ4v) is 5.88. The van der Waals surface area contributed by atoms with E-state index >= 15 is 0 Å². The number of carbonyl (C=O) groups excluding carboxylic acids is 1. The molecule has 8 heteroatoms. The Morgan fingerprint density at radius 1 is 1.23 bits per heavy atom. The Labute approximate surface area is 184 Å². The van der Waals surface area contributed by atoms with Crippen LogP contribution in [0, 0.1) is 11.3 Å². The monoisotopic (exact) mass is 432 g/mol. The third-order valence-electron chi connectivity index (χ3n) is 7.80. The highest BCUT2D eigenvalue weighted by Gasteiger charge is 2.43. The third-order valence-corrected chi connectivity index (χ3v) is 7.80. The van der Waals surface area contributed by atoms with Gasteiger partial charge in [0.1, 0.15) is 0 Å². The molecule has 4 aliphatic heterocycles. The molecule has 8 nitrogen and oxygen atoms in total. The van der Waals surface area contributed by atoms with Gasteiger partial charge in [-0.25, -0.2) is 0 Å². The summed E-state index contributed by atoms with van der Waals surface area (Å²) in [5.74, 6) is 1.90. The Balaban J connectivity index is 1.10. The summed E-state index contributed by atoms with van der Waals surface area (Å²) in [6.07, 6.45) is 6.53. The summed E-state index contributed by atoms with van der Waals surface area (Å²) in [6, 6.07) is 0. The predicted molar refractivity (Wildman–Crippen MR) is 114 cm³/mol. The highest BCUT2D eigenvalue weighted by atomic mass is 16.5. The molecule has 172 valence electrons. The average molecular weight is 433 g/mol. The lowest BCUT2D eigenvalue weighted by atomic mass is 9.80. The molecule has 5 rings (SSSR count). The number of aromatic nitrogens is 2. The summed E-state index contributed by atoms with van der Waals surface area (Å²) in [6.45, 7) is 10.8. The van der Waals surface area contributed by atoms with Crippen molar-refractivity contribution in [3.8, 4) is 0 Å². The maximum absolute atomic E-state index is 12.8. The molecule has 0 saturated carbocycles. The zero-order valence-corrected chi connectivity index (χ0v) is 18.9. The molecule has 4 aliphatic rings. The lowest BCUT2D eigenvalue weighted by Gasteiger charge is -2.34. The van der Waals surface area contributed by atoms with Crippen LogP contribution in [0.25, 0.3) is 0 Å². The third kappa shape index (κ3) is 4.66. The molecule has 0 bridgehead atoms. The van der Waals surface area contributed by atoms with Gasteiger partial charge < -0.3 is 23.8 Å². The van der Waals surface area contributed by atoms with E-state index < -0.39 is 0 Å². The molecule has 0 N–H and O–H groups in total. The van der Waals surface area contributed by atoms with Crippen molar-refractivity contribution in [2.75, 3.05) is 45.9 Å². The van der Waals surface area contributed by atoms with Crippen molar-refractivity contribution in [3.05, 3.63) is 11.7 Å². The van der Waals surface area contributed by atoms with E-state index in [-0.39, 0.29) is 24.3 Å². The number of hydrogen-bond acceptors (Lipinski definition) is 7. The summed E-state index contributed by atoms with van der Waals surface area (Å²) < 4.78 is 17.3. The quantitative estimate of drug-likeness (QED) is 0.706. The number of hydrogen-bond donors (Lipinski definition) is 0. The number of likely N-dealkylation sites (tertiary alicyclic amines) is 2. The molecular formula is C23H36N4O4. The van der Waals surface area contributed by atoms with Gasteiger partial charge in [-0.3, -0.25) is 4.79 Å². The first-order valence-corrected chi connectivity index (χ1v) is 12.1. The molecule has 1 unspecified atom stereocenters. The Morgan fingerprint density at radius 3 is 2.84 bits per heavy atom.